The first kappa shape index (κ1) is 23.4. The van der Waals surface area contributed by atoms with Crippen LogP contribution in [0, 0.1) is 5.92 Å². The summed E-state index contributed by atoms with van der Waals surface area (Å²) in [6.07, 6.45) is 3.30. The van der Waals surface area contributed by atoms with Gasteiger partial charge in [0.05, 0.1) is 6.04 Å². The summed E-state index contributed by atoms with van der Waals surface area (Å²) in [4.78, 5) is 27.5. The predicted octanol–water partition coefficient (Wildman–Crippen LogP) is 3.18. The topological polar surface area (TPSA) is 78.9 Å². The third-order valence-electron chi connectivity index (χ3n) is 5.28. The zero-order valence-electron chi connectivity index (χ0n) is 18.0. The Morgan fingerprint density at radius 1 is 1.21 bits per heavy atom. The number of piperidine rings is 1. The lowest BCUT2D eigenvalue weighted by atomic mass is 9.93. The van der Waals surface area contributed by atoms with Gasteiger partial charge in [-0.3, -0.25) is 4.79 Å². The van der Waals surface area contributed by atoms with Gasteiger partial charge in [-0.05, 0) is 71.0 Å². The van der Waals surface area contributed by atoms with Crippen molar-refractivity contribution in [1.29, 1.82) is 0 Å². The van der Waals surface area contributed by atoms with Gasteiger partial charge in [-0.25, -0.2) is 4.79 Å². The Morgan fingerprint density at radius 2 is 1.86 bits per heavy atom. The molecule has 2 N–H and O–H groups in total. The standard InChI is InChI=1S/C23H36N2O4/c1-23(2,3)29-22(28)24-20(17-19-7-5-4-6-8-19)21(27)11-15-25-13-9-18(10-14-25)12-16-26/h4-8,18,20,26H,9-17H2,1-3H3,(H,24,28)/t20-/m0/s1. The van der Waals surface area contributed by atoms with Crippen LogP contribution in [-0.2, 0) is 16.0 Å². The number of aliphatic hydroxyl groups is 1. The molecule has 1 aromatic carbocycles. The third-order valence-corrected chi connectivity index (χ3v) is 5.28. The number of nitrogens with one attached hydrogen (secondary N) is 1. The number of benzene rings is 1. The number of carbonyl (C=O) groups excluding carboxylic acids is 2. The number of hydrogen-bond acceptors (Lipinski definition) is 5. The summed E-state index contributed by atoms with van der Waals surface area (Å²) >= 11 is 0. The molecule has 0 saturated carbocycles. The first-order valence-electron chi connectivity index (χ1n) is 10.7. The Bertz CT molecular complexity index is 634. The van der Waals surface area contributed by atoms with Crippen LogP contribution < -0.4 is 5.32 Å². The fraction of sp³-hybridized carbons (Fsp3) is 0.652. The number of amides is 1. The molecule has 0 bridgehead atoms. The predicted molar refractivity (Wildman–Crippen MR) is 114 cm³/mol. The molecule has 1 aliphatic rings. The van der Waals surface area contributed by atoms with Crippen LogP contribution in [-0.4, -0.2) is 59.8 Å². The highest BCUT2D eigenvalue weighted by molar-refractivity contribution is 5.87. The SMILES string of the molecule is CC(C)(C)OC(=O)N[C@@H](Cc1ccccc1)C(=O)CCN1CCC(CCO)CC1. The lowest BCUT2D eigenvalue weighted by Crippen LogP contribution is -2.46. The summed E-state index contributed by atoms with van der Waals surface area (Å²) in [6.45, 7) is 8.29. The number of hydrogen-bond donors (Lipinski definition) is 2. The maximum Gasteiger partial charge on any atom is 0.408 e. The lowest BCUT2D eigenvalue weighted by molar-refractivity contribution is -0.121. The Kier molecular flexibility index (Phi) is 9.11. The van der Waals surface area contributed by atoms with E-state index in [1.165, 1.54) is 0 Å². The Balaban J connectivity index is 1.90. The molecule has 1 atom stereocenters. The largest absolute Gasteiger partial charge is 0.444 e. The first-order valence-corrected chi connectivity index (χ1v) is 10.7. The van der Waals surface area contributed by atoms with Gasteiger partial charge >= 0.3 is 6.09 Å². The second-order valence-electron chi connectivity index (χ2n) is 8.90. The Morgan fingerprint density at radius 3 is 2.45 bits per heavy atom. The highest BCUT2D eigenvalue weighted by atomic mass is 16.6. The van der Waals surface area contributed by atoms with Gasteiger partial charge < -0.3 is 20.1 Å². The number of rotatable bonds is 9. The number of alkyl carbamates (subject to hydrolysis) is 1. The molecule has 0 spiro atoms. The molecular weight excluding hydrogens is 368 g/mol. The number of likely N-dealkylation sites (tertiary alicyclic amines) is 1. The number of nitrogens with zero attached hydrogens (tertiary/aromatic N) is 1. The van der Waals surface area contributed by atoms with Gasteiger partial charge in [-0.15, -0.1) is 0 Å². The zero-order valence-corrected chi connectivity index (χ0v) is 18.0. The molecule has 162 valence electrons. The van der Waals surface area contributed by atoms with E-state index in [9.17, 15) is 9.59 Å². The van der Waals surface area contributed by atoms with Crippen LogP contribution in [0.2, 0.25) is 0 Å². The van der Waals surface area contributed by atoms with Crippen molar-refractivity contribution in [3.05, 3.63) is 35.9 Å². The van der Waals surface area contributed by atoms with E-state index in [1.807, 2.05) is 30.3 Å². The van der Waals surface area contributed by atoms with Gasteiger partial charge in [0.25, 0.3) is 0 Å². The van der Waals surface area contributed by atoms with E-state index >= 15 is 0 Å². The molecule has 1 fully saturated rings. The molecule has 0 radical (unpaired) electrons. The quantitative estimate of drug-likeness (QED) is 0.661. The van der Waals surface area contributed by atoms with Gasteiger partial charge in [-0.2, -0.15) is 0 Å². The average molecular weight is 405 g/mol. The van der Waals surface area contributed by atoms with Crippen LogP contribution in [0.1, 0.15) is 52.0 Å². The molecule has 1 saturated heterocycles. The number of ketones is 1. The van der Waals surface area contributed by atoms with Gasteiger partial charge in [0, 0.05) is 19.6 Å². The van der Waals surface area contributed by atoms with E-state index in [4.69, 9.17) is 9.84 Å². The second kappa shape index (κ2) is 11.3. The van der Waals surface area contributed by atoms with Crippen LogP contribution in [0.4, 0.5) is 4.79 Å². The van der Waals surface area contributed by atoms with Crippen LogP contribution in [0.15, 0.2) is 30.3 Å². The average Bonchev–Trinajstić information content (AvgIpc) is 2.66. The van der Waals surface area contributed by atoms with E-state index in [0.717, 1.165) is 37.9 Å². The second-order valence-corrected chi connectivity index (χ2v) is 8.90. The first-order chi connectivity index (χ1) is 13.8. The van der Waals surface area contributed by atoms with Crippen molar-refractivity contribution < 1.29 is 19.4 Å². The van der Waals surface area contributed by atoms with Crippen LogP contribution >= 0.6 is 0 Å². The summed E-state index contributed by atoms with van der Waals surface area (Å²) in [5, 5.41) is 11.9. The van der Waals surface area contributed by atoms with Crippen molar-refractivity contribution in [3.63, 3.8) is 0 Å². The monoisotopic (exact) mass is 404 g/mol. The van der Waals surface area contributed by atoms with Gasteiger partial charge in [0.15, 0.2) is 5.78 Å². The fourth-order valence-electron chi connectivity index (χ4n) is 3.67. The molecule has 0 aromatic heterocycles. The zero-order chi connectivity index (χ0) is 21.3. The molecule has 2 rings (SSSR count). The summed E-state index contributed by atoms with van der Waals surface area (Å²) in [5.74, 6) is 0.615. The van der Waals surface area contributed by atoms with E-state index in [2.05, 4.69) is 10.2 Å². The van der Waals surface area contributed by atoms with Crippen molar-refractivity contribution in [2.24, 2.45) is 5.92 Å². The van der Waals surface area contributed by atoms with Gasteiger partial charge in [0.1, 0.15) is 5.60 Å². The number of Topliss-reactive ketones (excluding diaryl/α,β-unsaturated/α-hetero) is 1. The van der Waals surface area contributed by atoms with Crippen molar-refractivity contribution in [2.75, 3.05) is 26.2 Å². The highest BCUT2D eigenvalue weighted by Gasteiger charge is 2.26. The van der Waals surface area contributed by atoms with E-state index in [1.54, 1.807) is 20.8 Å². The fourth-order valence-corrected chi connectivity index (χ4v) is 3.67. The van der Waals surface area contributed by atoms with Crippen LogP contribution in [0.25, 0.3) is 0 Å². The Labute approximate surface area is 174 Å². The molecule has 6 heteroatoms. The summed E-state index contributed by atoms with van der Waals surface area (Å²) < 4.78 is 5.35. The number of aliphatic hydroxyl groups excluding tert-OH is 1. The summed E-state index contributed by atoms with van der Waals surface area (Å²) in [5.41, 5.74) is 0.398. The number of ether oxygens (including phenoxy) is 1. The minimum absolute atomic E-state index is 0.0252. The normalized spacial score (nSPS) is 17.0. The van der Waals surface area contributed by atoms with Crippen molar-refractivity contribution in [2.45, 2.75) is 64.5 Å². The highest BCUT2D eigenvalue weighted by Crippen LogP contribution is 2.20. The number of carbonyl (C=O) groups is 2. The molecular formula is C23H36N2O4. The maximum absolute atomic E-state index is 12.9. The minimum atomic E-state index is -0.608. The molecule has 29 heavy (non-hydrogen) atoms. The molecule has 0 unspecified atom stereocenters. The maximum atomic E-state index is 12.9. The van der Waals surface area contributed by atoms with Crippen LogP contribution in [0.3, 0.4) is 0 Å². The molecule has 1 aliphatic heterocycles. The molecule has 1 heterocycles. The van der Waals surface area contributed by atoms with Crippen LogP contribution in [0.5, 0.6) is 0 Å². The van der Waals surface area contributed by atoms with Gasteiger partial charge in [0.2, 0.25) is 0 Å². The third kappa shape index (κ3) is 8.96. The van der Waals surface area contributed by atoms with E-state index in [-0.39, 0.29) is 12.4 Å². The van der Waals surface area contributed by atoms with Gasteiger partial charge in [-0.1, -0.05) is 30.3 Å². The minimum Gasteiger partial charge on any atom is -0.444 e. The lowest BCUT2D eigenvalue weighted by Gasteiger charge is -2.31. The van der Waals surface area contributed by atoms with E-state index < -0.39 is 17.7 Å². The molecule has 6 nitrogen and oxygen atoms in total. The Hall–Kier alpha value is -1.92. The molecule has 1 amide bonds. The smallest absolute Gasteiger partial charge is 0.408 e. The molecule has 1 aromatic rings. The van der Waals surface area contributed by atoms with E-state index in [0.29, 0.717) is 25.3 Å². The van der Waals surface area contributed by atoms with Crippen molar-refractivity contribution >= 4 is 11.9 Å². The summed E-state index contributed by atoms with van der Waals surface area (Å²) in [6, 6.07) is 9.12. The summed E-state index contributed by atoms with van der Waals surface area (Å²) in [7, 11) is 0. The van der Waals surface area contributed by atoms with Crippen molar-refractivity contribution in [1.82, 2.24) is 10.2 Å². The van der Waals surface area contributed by atoms with Crippen molar-refractivity contribution in [3.8, 4) is 0 Å². The molecule has 0 aliphatic carbocycles.